The van der Waals surface area contributed by atoms with Crippen LogP contribution in [0.25, 0.3) is 6.08 Å². The molecule has 73 valence electrons. The smallest absolute Gasteiger partial charge is 0.0786 e. The van der Waals surface area contributed by atoms with Gasteiger partial charge >= 0.3 is 0 Å². The van der Waals surface area contributed by atoms with Crippen LogP contribution in [0.3, 0.4) is 0 Å². The van der Waals surface area contributed by atoms with E-state index >= 15 is 0 Å². The summed E-state index contributed by atoms with van der Waals surface area (Å²) in [7, 11) is 0. The van der Waals surface area contributed by atoms with Crippen molar-refractivity contribution >= 4 is 6.08 Å². The van der Waals surface area contributed by atoms with E-state index in [0.29, 0.717) is 5.92 Å². The fourth-order valence-electron chi connectivity index (χ4n) is 2.21. The maximum Gasteiger partial charge on any atom is 0.0786 e. The zero-order valence-corrected chi connectivity index (χ0v) is 8.38. The lowest BCUT2D eigenvalue weighted by molar-refractivity contribution is 0.624. The van der Waals surface area contributed by atoms with Gasteiger partial charge in [-0.2, -0.15) is 0 Å². The van der Waals surface area contributed by atoms with Crippen molar-refractivity contribution in [3.8, 4) is 0 Å². The van der Waals surface area contributed by atoms with Gasteiger partial charge in [0.05, 0.1) is 6.04 Å². The Bertz CT molecular complexity index is 454. The molecule has 0 N–H and O–H groups in total. The van der Waals surface area contributed by atoms with Crippen molar-refractivity contribution in [3.63, 3.8) is 0 Å². The van der Waals surface area contributed by atoms with E-state index in [0.717, 1.165) is 0 Å². The van der Waals surface area contributed by atoms with Crippen molar-refractivity contribution in [1.29, 1.82) is 0 Å². The van der Waals surface area contributed by atoms with Gasteiger partial charge in [-0.1, -0.05) is 48.6 Å². The van der Waals surface area contributed by atoms with Crippen molar-refractivity contribution in [2.75, 3.05) is 0 Å². The van der Waals surface area contributed by atoms with E-state index in [-0.39, 0.29) is 6.04 Å². The van der Waals surface area contributed by atoms with E-state index in [2.05, 4.69) is 60.0 Å². The molecule has 0 bridgehead atoms. The van der Waals surface area contributed by atoms with Crippen molar-refractivity contribution in [2.24, 2.45) is 0 Å². The average molecular weight is 194 g/mol. The monoisotopic (exact) mass is 194 g/mol. The lowest BCUT2D eigenvalue weighted by atomic mass is 9.86. The van der Waals surface area contributed by atoms with Gasteiger partial charge < -0.3 is 0 Å². The summed E-state index contributed by atoms with van der Waals surface area (Å²) < 4.78 is 0. The molecule has 0 saturated carbocycles. The first-order valence-corrected chi connectivity index (χ1v) is 5.25. The highest BCUT2D eigenvalue weighted by atomic mass is 14.9. The molecule has 15 heavy (non-hydrogen) atoms. The summed E-state index contributed by atoms with van der Waals surface area (Å²) >= 11 is 0. The topological polar surface area (TPSA) is 14.1 Å². The number of rotatable bonds is 0. The van der Waals surface area contributed by atoms with Crippen LogP contribution in [0.1, 0.15) is 17.0 Å². The number of hydrogen-bond donors (Lipinski definition) is 0. The second kappa shape index (κ2) is 3.43. The minimum Gasteiger partial charge on any atom is -0.285 e. The molecule has 1 heterocycles. The maximum atomic E-state index is 4.54. The molecule has 1 aliphatic heterocycles. The summed E-state index contributed by atoms with van der Waals surface area (Å²) in [4.78, 5) is 0. The Hall–Kier alpha value is -1.76. The van der Waals surface area contributed by atoms with Crippen LogP contribution in [0.4, 0.5) is 0 Å². The number of nitrogens with zero attached hydrogens (tertiary/aromatic N) is 1. The highest BCUT2D eigenvalue weighted by Gasteiger charge is 2.23. The molecule has 0 spiro atoms. The maximum absolute atomic E-state index is 4.54. The molecule has 0 aromatic heterocycles. The fourth-order valence-corrected chi connectivity index (χ4v) is 2.21. The second-order valence-corrected chi connectivity index (χ2v) is 3.88. The van der Waals surface area contributed by atoms with Gasteiger partial charge in [-0.3, -0.25) is 5.32 Å². The van der Waals surface area contributed by atoms with Gasteiger partial charge in [-0.25, -0.2) is 0 Å². The molecule has 1 aromatic rings. The summed E-state index contributed by atoms with van der Waals surface area (Å²) in [6.07, 6.45) is 12.6. The van der Waals surface area contributed by atoms with Gasteiger partial charge in [-0.15, -0.1) is 0 Å². The highest BCUT2D eigenvalue weighted by molar-refractivity contribution is 5.57. The molecule has 2 atom stereocenters. The predicted octanol–water partition coefficient (Wildman–Crippen LogP) is 2.85. The van der Waals surface area contributed by atoms with Gasteiger partial charge in [0.1, 0.15) is 0 Å². The Morgan fingerprint density at radius 2 is 1.87 bits per heavy atom. The van der Waals surface area contributed by atoms with Crippen molar-refractivity contribution in [1.82, 2.24) is 5.32 Å². The van der Waals surface area contributed by atoms with E-state index in [1.54, 1.807) is 0 Å². The molecule has 2 aliphatic rings. The second-order valence-electron chi connectivity index (χ2n) is 3.88. The molecule has 1 aromatic carbocycles. The largest absolute Gasteiger partial charge is 0.285 e. The number of hydrogen-bond acceptors (Lipinski definition) is 0. The molecule has 0 amide bonds. The van der Waals surface area contributed by atoms with Crippen molar-refractivity contribution in [3.05, 3.63) is 65.9 Å². The third-order valence-corrected chi connectivity index (χ3v) is 2.97. The zero-order chi connectivity index (χ0) is 10.1. The van der Waals surface area contributed by atoms with Gasteiger partial charge in [0, 0.05) is 12.1 Å². The van der Waals surface area contributed by atoms with E-state index in [9.17, 15) is 0 Å². The fraction of sp³-hybridized carbons (Fsp3) is 0.143. The Morgan fingerprint density at radius 1 is 1.00 bits per heavy atom. The van der Waals surface area contributed by atoms with Gasteiger partial charge in [0.2, 0.25) is 0 Å². The summed E-state index contributed by atoms with van der Waals surface area (Å²) in [6, 6.07) is 8.79. The van der Waals surface area contributed by atoms with E-state index < -0.39 is 0 Å². The van der Waals surface area contributed by atoms with Crippen LogP contribution < -0.4 is 5.32 Å². The summed E-state index contributed by atoms with van der Waals surface area (Å²) in [6.45, 7) is 0. The molecule has 0 fully saturated rings. The van der Waals surface area contributed by atoms with Crippen LogP contribution in [0, 0.1) is 0 Å². The normalized spacial score (nSPS) is 26.4. The average Bonchev–Trinajstić information content (AvgIpc) is 2.48. The molecule has 1 radical (unpaired) electrons. The molecule has 1 aliphatic carbocycles. The molecule has 1 nitrogen and oxygen atoms in total. The van der Waals surface area contributed by atoms with E-state index in [1.165, 1.54) is 11.1 Å². The van der Waals surface area contributed by atoms with E-state index in [1.807, 2.05) is 6.20 Å². The SMILES string of the molecule is C1=CC2[N]C=Cc3ccccc3C2C=C1. The molecule has 2 unspecified atom stereocenters. The summed E-state index contributed by atoms with van der Waals surface area (Å²) in [5.74, 6) is 0.404. The minimum absolute atomic E-state index is 0.273. The highest BCUT2D eigenvalue weighted by Crippen LogP contribution is 2.30. The van der Waals surface area contributed by atoms with Crippen molar-refractivity contribution < 1.29 is 0 Å². The lowest BCUT2D eigenvalue weighted by Crippen LogP contribution is -2.23. The molecule has 0 saturated heterocycles. The van der Waals surface area contributed by atoms with Crippen LogP contribution >= 0.6 is 0 Å². The lowest BCUT2D eigenvalue weighted by Gasteiger charge is -2.22. The predicted molar refractivity (Wildman–Crippen MR) is 62.4 cm³/mol. The van der Waals surface area contributed by atoms with Crippen LogP contribution in [0.2, 0.25) is 0 Å². The Morgan fingerprint density at radius 3 is 2.87 bits per heavy atom. The van der Waals surface area contributed by atoms with Crippen molar-refractivity contribution in [2.45, 2.75) is 12.0 Å². The molecular formula is C14H12N. The quantitative estimate of drug-likeness (QED) is 0.603. The summed E-state index contributed by atoms with van der Waals surface area (Å²) in [5, 5.41) is 4.54. The Kier molecular flexibility index (Phi) is 1.95. The third-order valence-electron chi connectivity index (χ3n) is 2.97. The van der Waals surface area contributed by atoms with E-state index in [4.69, 9.17) is 0 Å². The van der Waals surface area contributed by atoms with Crippen LogP contribution in [0.15, 0.2) is 54.8 Å². The third kappa shape index (κ3) is 1.40. The first-order chi connectivity index (χ1) is 7.45. The first kappa shape index (κ1) is 8.54. The molecular weight excluding hydrogens is 182 g/mol. The number of benzene rings is 1. The summed E-state index contributed by atoms with van der Waals surface area (Å²) in [5.41, 5.74) is 2.66. The van der Waals surface area contributed by atoms with Gasteiger partial charge in [0.25, 0.3) is 0 Å². The van der Waals surface area contributed by atoms with Crippen LogP contribution in [-0.2, 0) is 0 Å². The van der Waals surface area contributed by atoms with Gasteiger partial charge in [0.15, 0.2) is 0 Å². The first-order valence-electron chi connectivity index (χ1n) is 5.25. The number of allylic oxidation sites excluding steroid dienone is 2. The molecule has 1 heteroatoms. The zero-order valence-electron chi connectivity index (χ0n) is 8.38. The van der Waals surface area contributed by atoms with Gasteiger partial charge in [-0.05, 0) is 17.2 Å². The Labute approximate surface area is 89.8 Å². The Balaban J connectivity index is 2.13. The standard InChI is InChI=1S/C14H12N/c1-2-6-12-11(5-1)9-10-15-14-8-4-3-7-13(12)14/h1-10,13-14H. The van der Waals surface area contributed by atoms with Crippen LogP contribution in [0.5, 0.6) is 0 Å². The number of fused-ring (bicyclic) bond motifs is 3. The molecule has 3 rings (SSSR count). The minimum atomic E-state index is 0.273. The van der Waals surface area contributed by atoms with Crippen LogP contribution in [-0.4, -0.2) is 6.04 Å².